The molecule has 334 valence electrons. The Morgan fingerprint density at radius 2 is 1.39 bits per heavy atom. The molecule has 0 aliphatic heterocycles. The summed E-state index contributed by atoms with van der Waals surface area (Å²) in [7, 11) is -7.60. The number of nitrogens with one attached hydrogen (secondary N) is 1. The van der Waals surface area contributed by atoms with Crippen LogP contribution in [0.15, 0.2) is 107 Å². The normalized spacial score (nSPS) is 14.3. The van der Waals surface area contributed by atoms with Crippen LogP contribution >= 0.6 is 0 Å². The molecule has 0 radical (unpaired) electrons. The molecule has 0 aliphatic carbocycles. The number of nitrogens with zero attached hydrogens (tertiary/aromatic N) is 3. The number of hydrogen-bond donors (Lipinski definition) is 2. The van der Waals surface area contributed by atoms with Gasteiger partial charge in [-0.05, 0) is 53.2 Å². The molecule has 0 fully saturated rings. The summed E-state index contributed by atoms with van der Waals surface area (Å²) in [5.41, 5.74) is -6.64. The second-order valence-corrected chi connectivity index (χ2v) is 22.2. The summed E-state index contributed by atoms with van der Waals surface area (Å²) in [5, 5.41) is 18.7. The van der Waals surface area contributed by atoms with Crippen LogP contribution in [0.3, 0.4) is 0 Å². The third-order valence-corrected chi connectivity index (χ3v) is 16.5. The summed E-state index contributed by atoms with van der Waals surface area (Å²) in [4.78, 5) is 15.1. The van der Waals surface area contributed by atoms with Crippen molar-refractivity contribution in [2.24, 2.45) is 0 Å². The third kappa shape index (κ3) is 10.9. The lowest BCUT2D eigenvalue weighted by molar-refractivity contribution is -0.300. The van der Waals surface area contributed by atoms with Crippen LogP contribution in [0.25, 0.3) is 11.6 Å². The smallest absolute Gasteiger partial charge is 0.426 e. The standard InChI is InChI=1S/C43H48F6N4O7SSi/c1-29(60-62(40(2,3)4,31-22-14-9-15-23-31)32-24-16-10-17-25-32)19-11-6-7-18-26-41(43(47,48)49,58-28-30-20-12-8-13-21-30)38-53-52-36(59-38)35-34(50-39(54)55)27-33(42(44,45)46)37(51-35)61(5,56)57/h8-10,12-17,20-25,27,29,50H,6-7,11,18-19,26,28H2,1-5H3,(H,54,55)/t29?,41-/m1/s1. The number of carbonyl (C=O) groups is 1. The molecule has 0 saturated heterocycles. The summed E-state index contributed by atoms with van der Waals surface area (Å²) in [5.74, 6) is -2.14. The molecule has 19 heteroatoms. The van der Waals surface area contributed by atoms with Gasteiger partial charge in [-0.3, -0.25) is 5.32 Å². The van der Waals surface area contributed by atoms with Crippen molar-refractivity contribution in [3.63, 3.8) is 0 Å². The first-order valence-corrected chi connectivity index (χ1v) is 23.5. The molecule has 3 aromatic carbocycles. The van der Waals surface area contributed by atoms with E-state index in [0.717, 1.165) is 10.4 Å². The van der Waals surface area contributed by atoms with Crippen LogP contribution in [0.1, 0.15) is 83.2 Å². The van der Waals surface area contributed by atoms with E-state index in [2.05, 4.69) is 60.2 Å². The number of rotatable bonds is 18. The van der Waals surface area contributed by atoms with E-state index in [9.17, 15) is 31.5 Å². The maximum atomic E-state index is 15.5. The lowest BCUT2D eigenvalue weighted by Gasteiger charge is -2.44. The number of unbranched alkanes of at least 4 members (excludes halogenated alkanes) is 3. The van der Waals surface area contributed by atoms with Crippen LogP contribution in [0.5, 0.6) is 0 Å². The topological polar surface area (TPSA) is 154 Å². The minimum Gasteiger partial charge on any atom is -0.465 e. The number of ether oxygens (including phenoxy) is 1. The van der Waals surface area contributed by atoms with Crippen molar-refractivity contribution in [2.75, 3.05) is 11.6 Å². The number of alkyl halides is 6. The first kappa shape index (κ1) is 47.9. The van der Waals surface area contributed by atoms with Crippen LogP contribution in [-0.2, 0) is 37.4 Å². The third-order valence-electron chi connectivity index (χ3n) is 10.3. The monoisotopic (exact) mass is 906 g/mol. The molecule has 0 bridgehead atoms. The largest absolute Gasteiger partial charge is 0.465 e. The fraction of sp³-hybridized carbons (Fsp3) is 0.395. The highest BCUT2D eigenvalue weighted by Crippen LogP contribution is 2.47. The Balaban J connectivity index is 1.41. The molecule has 5 aromatic rings. The zero-order valence-electron chi connectivity index (χ0n) is 34.7. The molecule has 0 aliphatic rings. The highest BCUT2D eigenvalue weighted by Gasteiger charge is 2.61. The van der Waals surface area contributed by atoms with E-state index in [4.69, 9.17) is 13.6 Å². The number of halogens is 6. The molecule has 11 nitrogen and oxygen atoms in total. The van der Waals surface area contributed by atoms with Crippen molar-refractivity contribution in [1.82, 2.24) is 15.2 Å². The fourth-order valence-electron chi connectivity index (χ4n) is 7.42. The highest BCUT2D eigenvalue weighted by atomic mass is 32.2. The summed E-state index contributed by atoms with van der Waals surface area (Å²) < 4.78 is 131. The number of aromatic nitrogens is 3. The molecule has 2 N–H and O–H groups in total. The Bertz CT molecular complexity index is 2340. The van der Waals surface area contributed by atoms with E-state index in [1.807, 2.05) is 43.3 Å². The van der Waals surface area contributed by atoms with Crippen molar-refractivity contribution < 1.29 is 58.2 Å². The van der Waals surface area contributed by atoms with Crippen molar-refractivity contribution in [2.45, 2.75) is 107 Å². The average Bonchev–Trinajstić information content (AvgIpc) is 3.69. The van der Waals surface area contributed by atoms with Gasteiger partial charge in [-0.2, -0.15) is 26.3 Å². The number of sulfone groups is 1. The Labute approximate surface area is 357 Å². The van der Waals surface area contributed by atoms with E-state index in [1.54, 1.807) is 35.6 Å². The molecule has 5 rings (SSSR count). The zero-order valence-corrected chi connectivity index (χ0v) is 36.5. The van der Waals surface area contributed by atoms with E-state index in [1.165, 1.54) is 0 Å². The Hall–Kier alpha value is -5.11. The van der Waals surface area contributed by atoms with Crippen molar-refractivity contribution in [1.29, 1.82) is 0 Å². The van der Waals surface area contributed by atoms with Crippen LogP contribution in [0, 0.1) is 0 Å². The van der Waals surface area contributed by atoms with Crippen LogP contribution in [0.2, 0.25) is 5.04 Å². The maximum Gasteiger partial charge on any atom is 0.426 e. The van der Waals surface area contributed by atoms with Gasteiger partial charge >= 0.3 is 18.4 Å². The molecule has 2 atom stereocenters. The van der Waals surface area contributed by atoms with Gasteiger partial charge in [0.15, 0.2) is 20.6 Å². The molecule has 1 unspecified atom stereocenters. The Morgan fingerprint density at radius 1 is 0.839 bits per heavy atom. The number of pyridine rings is 1. The lowest BCUT2D eigenvalue weighted by Crippen LogP contribution is -2.67. The molecule has 2 aromatic heterocycles. The molecular weight excluding hydrogens is 859 g/mol. The molecule has 0 spiro atoms. The second kappa shape index (κ2) is 19.1. The molecule has 1 amide bonds. The summed E-state index contributed by atoms with van der Waals surface area (Å²) in [6.45, 7) is 7.94. The predicted molar refractivity (Wildman–Crippen MR) is 222 cm³/mol. The first-order valence-electron chi connectivity index (χ1n) is 19.7. The molecular formula is C43H48F6N4O7SSi. The van der Waals surface area contributed by atoms with Crippen LogP contribution < -0.4 is 15.7 Å². The highest BCUT2D eigenvalue weighted by molar-refractivity contribution is 7.90. The number of carboxylic acid groups (broad SMARTS) is 1. The van der Waals surface area contributed by atoms with Crippen LogP contribution in [0.4, 0.5) is 36.8 Å². The SMILES string of the molecule is CC(CCCCCC[C@@](OCc1ccccc1)(c1nnc(-c2nc(S(C)(=O)=O)c(C(F)(F)F)cc2NC(=O)O)o1)C(F)(F)F)O[Si](c1ccccc1)(c1ccccc1)C(C)(C)C. The first-order chi connectivity index (χ1) is 29.0. The lowest BCUT2D eigenvalue weighted by atomic mass is 9.94. The van der Waals surface area contributed by atoms with Crippen molar-refractivity contribution >= 4 is 40.3 Å². The van der Waals surface area contributed by atoms with Gasteiger partial charge in [0.05, 0.1) is 17.9 Å². The quantitative estimate of drug-likeness (QED) is 0.0494. The van der Waals surface area contributed by atoms with Gasteiger partial charge in [0.2, 0.25) is 5.60 Å². The van der Waals surface area contributed by atoms with E-state index < -0.39 is 89.0 Å². The second-order valence-electron chi connectivity index (χ2n) is 16.0. The number of hydrogen-bond acceptors (Lipinski definition) is 9. The van der Waals surface area contributed by atoms with E-state index in [0.29, 0.717) is 37.5 Å². The molecule has 2 heterocycles. The van der Waals surface area contributed by atoms with E-state index in [-0.39, 0.29) is 23.6 Å². The minimum absolute atomic E-state index is 0.0570. The van der Waals surface area contributed by atoms with Gasteiger partial charge < -0.3 is 18.7 Å². The van der Waals surface area contributed by atoms with Gasteiger partial charge in [-0.25, -0.2) is 18.2 Å². The van der Waals surface area contributed by atoms with Gasteiger partial charge in [0.25, 0.3) is 20.1 Å². The summed E-state index contributed by atoms with van der Waals surface area (Å²) in [6.07, 6.45) is -10.9. The van der Waals surface area contributed by atoms with Gasteiger partial charge in [0.1, 0.15) is 0 Å². The Kier molecular flexibility index (Phi) is 14.8. The van der Waals surface area contributed by atoms with E-state index >= 15 is 13.2 Å². The predicted octanol–water partition coefficient (Wildman–Crippen LogP) is 9.92. The maximum absolute atomic E-state index is 15.5. The van der Waals surface area contributed by atoms with Crippen molar-refractivity contribution in [3.8, 4) is 11.6 Å². The number of benzene rings is 3. The van der Waals surface area contributed by atoms with Crippen molar-refractivity contribution in [3.05, 3.63) is 114 Å². The van der Waals surface area contributed by atoms with Gasteiger partial charge in [-0.15, -0.1) is 10.2 Å². The summed E-state index contributed by atoms with van der Waals surface area (Å²) in [6, 6.07) is 28.3. The average molecular weight is 907 g/mol. The van der Waals surface area contributed by atoms with Gasteiger partial charge in [0, 0.05) is 12.4 Å². The Morgan fingerprint density at radius 3 is 1.89 bits per heavy atom. The van der Waals surface area contributed by atoms with Gasteiger partial charge in [-0.1, -0.05) is 131 Å². The molecule has 0 saturated carbocycles. The molecule has 62 heavy (non-hydrogen) atoms. The number of anilines is 1. The summed E-state index contributed by atoms with van der Waals surface area (Å²) >= 11 is 0. The fourth-order valence-corrected chi connectivity index (χ4v) is 13.0. The number of amides is 1. The van der Waals surface area contributed by atoms with Crippen LogP contribution in [-0.4, -0.2) is 61.7 Å². The zero-order chi connectivity index (χ0) is 45.6. The minimum atomic E-state index is -5.33.